The van der Waals surface area contributed by atoms with Gasteiger partial charge < -0.3 is 10.4 Å². The van der Waals surface area contributed by atoms with Gasteiger partial charge in [-0.3, -0.25) is 0 Å². The standard InChI is InChI=1S/C7H13NO/c9-4-6-3-8-2-5-1-7(5)6/h5-9H,1-4H2. The molecule has 9 heavy (non-hydrogen) atoms. The van der Waals surface area contributed by atoms with E-state index in [9.17, 15) is 0 Å². The lowest BCUT2D eigenvalue weighted by atomic mass is 10.0. The molecular weight excluding hydrogens is 114 g/mol. The maximum Gasteiger partial charge on any atom is 0.0474 e. The molecule has 1 saturated carbocycles. The Kier molecular flexibility index (Phi) is 1.24. The lowest BCUT2D eigenvalue weighted by Crippen LogP contribution is -2.33. The molecule has 2 nitrogen and oxygen atoms in total. The van der Waals surface area contributed by atoms with Crippen molar-refractivity contribution in [3.63, 3.8) is 0 Å². The van der Waals surface area contributed by atoms with E-state index >= 15 is 0 Å². The lowest BCUT2D eigenvalue weighted by molar-refractivity contribution is 0.188. The van der Waals surface area contributed by atoms with Gasteiger partial charge >= 0.3 is 0 Å². The van der Waals surface area contributed by atoms with E-state index in [1.165, 1.54) is 13.0 Å². The number of rotatable bonds is 1. The fourth-order valence-corrected chi connectivity index (χ4v) is 1.89. The first-order valence-corrected chi connectivity index (χ1v) is 3.73. The number of hydrogen-bond donors (Lipinski definition) is 2. The monoisotopic (exact) mass is 127 g/mol. The van der Waals surface area contributed by atoms with Gasteiger partial charge in [0.15, 0.2) is 0 Å². The zero-order valence-corrected chi connectivity index (χ0v) is 5.51. The summed E-state index contributed by atoms with van der Waals surface area (Å²) >= 11 is 0. The van der Waals surface area contributed by atoms with Crippen LogP contribution in [0.2, 0.25) is 0 Å². The fourth-order valence-electron chi connectivity index (χ4n) is 1.89. The minimum atomic E-state index is 0.383. The summed E-state index contributed by atoms with van der Waals surface area (Å²) in [5.41, 5.74) is 0. The van der Waals surface area contributed by atoms with Crippen molar-refractivity contribution in [2.45, 2.75) is 6.42 Å². The maximum absolute atomic E-state index is 8.85. The number of aliphatic hydroxyl groups is 1. The van der Waals surface area contributed by atoms with E-state index < -0.39 is 0 Å². The Hall–Kier alpha value is -0.0800. The normalized spacial score (nSPS) is 48.3. The van der Waals surface area contributed by atoms with Gasteiger partial charge in [-0.15, -0.1) is 0 Å². The molecule has 0 spiro atoms. The number of piperidine rings is 1. The van der Waals surface area contributed by atoms with Crippen LogP contribution in [0.5, 0.6) is 0 Å². The predicted molar refractivity (Wildman–Crippen MR) is 35.0 cm³/mol. The molecule has 0 aromatic carbocycles. The van der Waals surface area contributed by atoms with Crippen LogP contribution in [0.4, 0.5) is 0 Å². The first-order chi connectivity index (χ1) is 4.42. The molecule has 2 N–H and O–H groups in total. The Morgan fingerprint density at radius 1 is 1.44 bits per heavy atom. The Balaban J connectivity index is 1.93. The molecule has 52 valence electrons. The highest BCUT2D eigenvalue weighted by molar-refractivity contribution is 4.96. The first kappa shape index (κ1) is 5.69. The molecular formula is C7H13NO. The third-order valence-corrected chi connectivity index (χ3v) is 2.63. The molecule has 0 aromatic rings. The van der Waals surface area contributed by atoms with Crippen LogP contribution in [0.15, 0.2) is 0 Å². The molecule has 1 heterocycles. The van der Waals surface area contributed by atoms with E-state index in [0.717, 1.165) is 18.4 Å². The van der Waals surface area contributed by atoms with Crippen molar-refractivity contribution in [2.24, 2.45) is 17.8 Å². The second kappa shape index (κ2) is 1.96. The molecule has 3 atom stereocenters. The number of fused-ring (bicyclic) bond motifs is 1. The zero-order valence-electron chi connectivity index (χ0n) is 5.51. The van der Waals surface area contributed by atoms with Gasteiger partial charge in [0, 0.05) is 13.2 Å². The van der Waals surface area contributed by atoms with Crippen molar-refractivity contribution in [1.82, 2.24) is 5.32 Å². The summed E-state index contributed by atoms with van der Waals surface area (Å²) in [7, 11) is 0. The molecule has 2 fully saturated rings. The summed E-state index contributed by atoms with van der Waals surface area (Å²) in [6.07, 6.45) is 1.36. The van der Waals surface area contributed by atoms with Gasteiger partial charge in [-0.2, -0.15) is 0 Å². The average molecular weight is 127 g/mol. The van der Waals surface area contributed by atoms with Crippen LogP contribution < -0.4 is 5.32 Å². The van der Waals surface area contributed by atoms with Crippen molar-refractivity contribution < 1.29 is 5.11 Å². The summed E-state index contributed by atoms with van der Waals surface area (Å²) in [6.45, 7) is 2.62. The van der Waals surface area contributed by atoms with Crippen molar-refractivity contribution in [1.29, 1.82) is 0 Å². The van der Waals surface area contributed by atoms with Crippen LogP contribution in [0.1, 0.15) is 6.42 Å². The van der Waals surface area contributed by atoms with E-state index in [0.29, 0.717) is 12.5 Å². The predicted octanol–water partition coefficient (Wildman–Crippen LogP) is -0.166. The van der Waals surface area contributed by atoms with Gasteiger partial charge in [-0.1, -0.05) is 0 Å². The minimum Gasteiger partial charge on any atom is -0.396 e. The van der Waals surface area contributed by atoms with Gasteiger partial charge in [0.2, 0.25) is 0 Å². The molecule has 0 amide bonds. The largest absolute Gasteiger partial charge is 0.396 e. The van der Waals surface area contributed by atoms with E-state index in [1.54, 1.807) is 0 Å². The quantitative estimate of drug-likeness (QED) is 0.513. The number of aliphatic hydroxyl groups excluding tert-OH is 1. The second-order valence-electron chi connectivity index (χ2n) is 3.26. The van der Waals surface area contributed by atoms with Gasteiger partial charge in [-0.25, -0.2) is 0 Å². The second-order valence-corrected chi connectivity index (χ2v) is 3.26. The highest BCUT2D eigenvalue weighted by Gasteiger charge is 2.44. The molecule has 1 saturated heterocycles. The van der Waals surface area contributed by atoms with Gasteiger partial charge in [0.1, 0.15) is 0 Å². The lowest BCUT2D eigenvalue weighted by Gasteiger charge is -2.19. The van der Waals surface area contributed by atoms with Crippen molar-refractivity contribution in [2.75, 3.05) is 19.7 Å². The van der Waals surface area contributed by atoms with Crippen molar-refractivity contribution in [3.8, 4) is 0 Å². The summed E-state index contributed by atoms with van der Waals surface area (Å²) in [5.74, 6) is 2.36. The third kappa shape index (κ3) is 0.864. The highest BCUT2D eigenvalue weighted by atomic mass is 16.3. The van der Waals surface area contributed by atoms with Crippen LogP contribution in [0.3, 0.4) is 0 Å². The highest BCUT2D eigenvalue weighted by Crippen LogP contribution is 2.45. The van der Waals surface area contributed by atoms with Crippen LogP contribution in [0, 0.1) is 17.8 Å². The Morgan fingerprint density at radius 2 is 2.33 bits per heavy atom. The molecule has 0 radical (unpaired) electrons. The molecule has 3 unspecified atom stereocenters. The van der Waals surface area contributed by atoms with Gasteiger partial charge in [-0.05, 0) is 30.7 Å². The molecule has 2 aliphatic rings. The molecule has 1 aliphatic carbocycles. The average Bonchev–Trinajstić information content (AvgIpc) is 2.64. The summed E-state index contributed by atoms with van der Waals surface area (Å²) < 4.78 is 0. The Bertz CT molecular complexity index is 115. The summed E-state index contributed by atoms with van der Waals surface area (Å²) in [6, 6.07) is 0. The van der Waals surface area contributed by atoms with E-state index in [-0.39, 0.29) is 0 Å². The first-order valence-electron chi connectivity index (χ1n) is 3.73. The van der Waals surface area contributed by atoms with E-state index in [1.807, 2.05) is 0 Å². The summed E-state index contributed by atoms with van der Waals surface area (Å²) in [5, 5.41) is 12.2. The van der Waals surface area contributed by atoms with E-state index in [2.05, 4.69) is 5.32 Å². The molecule has 0 aromatic heterocycles. The molecule has 0 bridgehead atoms. The molecule has 2 rings (SSSR count). The van der Waals surface area contributed by atoms with Crippen LogP contribution in [0.25, 0.3) is 0 Å². The van der Waals surface area contributed by atoms with Crippen molar-refractivity contribution >= 4 is 0 Å². The Labute approximate surface area is 55.3 Å². The fraction of sp³-hybridized carbons (Fsp3) is 1.00. The van der Waals surface area contributed by atoms with Gasteiger partial charge in [0.25, 0.3) is 0 Å². The zero-order chi connectivity index (χ0) is 6.27. The minimum absolute atomic E-state index is 0.383. The molecule has 1 aliphatic heterocycles. The van der Waals surface area contributed by atoms with Gasteiger partial charge in [0.05, 0.1) is 0 Å². The van der Waals surface area contributed by atoms with E-state index in [4.69, 9.17) is 5.11 Å². The topological polar surface area (TPSA) is 32.3 Å². The maximum atomic E-state index is 8.85. The van der Waals surface area contributed by atoms with Crippen LogP contribution in [-0.4, -0.2) is 24.8 Å². The van der Waals surface area contributed by atoms with Crippen molar-refractivity contribution in [3.05, 3.63) is 0 Å². The molecule has 2 heteroatoms. The number of nitrogens with one attached hydrogen (secondary N) is 1. The van der Waals surface area contributed by atoms with Crippen LogP contribution in [-0.2, 0) is 0 Å². The third-order valence-electron chi connectivity index (χ3n) is 2.63. The SMILES string of the molecule is OCC1CNCC2CC12. The Morgan fingerprint density at radius 3 is 3.00 bits per heavy atom. The smallest absolute Gasteiger partial charge is 0.0474 e. The van der Waals surface area contributed by atoms with Crippen LogP contribution >= 0.6 is 0 Å². The number of hydrogen-bond acceptors (Lipinski definition) is 2. The summed E-state index contributed by atoms with van der Waals surface area (Å²) in [4.78, 5) is 0.